The highest BCUT2D eigenvalue weighted by molar-refractivity contribution is 7.11. The molecular weight excluding hydrogens is 426 g/mol. The molecule has 0 radical (unpaired) electrons. The molecule has 10 heteroatoms. The van der Waals surface area contributed by atoms with Gasteiger partial charge in [0.15, 0.2) is 11.6 Å². The van der Waals surface area contributed by atoms with Crippen molar-refractivity contribution in [1.29, 1.82) is 0 Å². The third kappa shape index (κ3) is 4.75. The number of hydrogen-bond acceptors (Lipinski definition) is 6. The van der Waals surface area contributed by atoms with Gasteiger partial charge in [-0.25, -0.2) is 13.8 Å². The Hall–Kier alpha value is -2.85. The lowest BCUT2D eigenvalue weighted by molar-refractivity contribution is -0.0248. The van der Waals surface area contributed by atoms with Crippen LogP contribution in [0.2, 0.25) is 0 Å². The molecule has 2 aromatic heterocycles. The maximum absolute atomic E-state index is 13.3. The number of aromatic nitrogens is 3. The molecule has 3 heterocycles. The molecule has 1 aliphatic rings. The molecular formula is C21H22F2N4O3S. The SMILES string of the molecule is Cc1ncsc1C(=O)N1CCO[C@@H](c2cc(CCOc3ccc(F)c(F)c3)n(C)n2)C1. The van der Waals surface area contributed by atoms with Crippen molar-refractivity contribution in [3.05, 3.63) is 63.4 Å². The third-order valence-electron chi connectivity index (χ3n) is 5.14. The number of amides is 1. The summed E-state index contributed by atoms with van der Waals surface area (Å²) >= 11 is 1.34. The van der Waals surface area contributed by atoms with Crippen LogP contribution in [0.15, 0.2) is 29.8 Å². The lowest BCUT2D eigenvalue weighted by Gasteiger charge is -2.32. The lowest BCUT2D eigenvalue weighted by atomic mass is 10.1. The van der Waals surface area contributed by atoms with Crippen LogP contribution in [0.3, 0.4) is 0 Å². The van der Waals surface area contributed by atoms with Crippen molar-refractivity contribution in [2.75, 3.05) is 26.3 Å². The molecule has 3 aromatic rings. The summed E-state index contributed by atoms with van der Waals surface area (Å²) in [6, 6.07) is 5.37. The number of thiazole rings is 1. The Morgan fingerprint density at radius 3 is 2.90 bits per heavy atom. The van der Waals surface area contributed by atoms with Gasteiger partial charge in [-0.15, -0.1) is 11.3 Å². The molecule has 1 amide bonds. The standard InChI is InChI=1S/C21H22F2N4O3S/c1-13-20(31-12-24-13)21(28)27-6-8-30-19(11-27)18-9-14(26(2)25-18)5-7-29-15-3-4-16(22)17(23)10-15/h3-4,9-10,12,19H,5-8,11H2,1-2H3/t19-/m1/s1. The fraction of sp³-hybridized carbons (Fsp3) is 0.381. The van der Waals surface area contributed by atoms with Crippen LogP contribution in [0.5, 0.6) is 5.75 Å². The number of carbonyl (C=O) groups excluding carboxylic acids is 1. The second-order valence-electron chi connectivity index (χ2n) is 7.24. The Morgan fingerprint density at radius 1 is 1.32 bits per heavy atom. The predicted molar refractivity (Wildman–Crippen MR) is 110 cm³/mol. The minimum atomic E-state index is -0.942. The number of ether oxygens (including phenoxy) is 2. The van der Waals surface area contributed by atoms with Gasteiger partial charge < -0.3 is 14.4 Å². The Bertz CT molecular complexity index is 1080. The van der Waals surface area contributed by atoms with E-state index in [1.807, 2.05) is 20.0 Å². The topological polar surface area (TPSA) is 69.5 Å². The Kier molecular flexibility index (Phi) is 6.28. The molecule has 1 saturated heterocycles. The predicted octanol–water partition coefficient (Wildman–Crippen LogP) is 3.30. The largest absolute Gasteiger partial charge is 0.493 e. The molecule has 1 aromatic carbocycles. The van der Waals surface area contributed by atoms with E-state index >= 15 is 0 Å². The number of rotatable bonds is 6. The van der Waals surface area contributed by atoms with Crippen molar-refractivity contribution >= 4 is 17.2 Å². The first-order chi connectivity index (χ1) is 14.9. The van der Waals surface area contributed by atoms with Crippen molar-refractivity contribution in [3.63, 3.8) is 0 Å². The van der Waals surface area contributed by atoms with E-state index in [-0.39, 0.29) is 24.4 Å². The number of nitrogens with zero attached hydrogens (tertiary/aromatic N) is 4. The Morgan fingerprint density at radius 2 is 2.16 bits per heavy atom. The van der Waals surface area contributed by atoms with Gasteiger partial charge in [-0.2, -0.15) is 5.10 Å². The van der Waals surface area contributed by atoms with E-state index in [4.69, 9.17) is 9.47 Å². The first-order valence-electron chi connectivity index (χ1n) is 9.84. The van der Waals surface area contributed by atoms with Crippen molar-refractivity contribution in [3.8, 4) is 5.75 Å². The van der Waals surface area contributed by atoms with E-state index in [0.29, 0.717) is 31.0 Å². The summed E-state index contributed by atoms with van der Waals surface area (Å²) in [4.78, 5) is 19.4. The fourth-order valence-electron chi connectivity index (χ4n) is 3.43. The monoisotopic (exact) mass is 448 g/mol. The molecule has 7 nitrogen and oxygen atoms in total. The number of aryl methyl sites for hydroxylation is 2. The number of hydrogen-bond donors (Lipinski definition) is 0. The van der Waals surface area contributed by atoms with E-state index in [0.717, 1.165) is 29.2 Å². The third-order valence-corrected chi connectivity index (χ3v) is 6.05. The van der Waals surface area contributed by atoms with Gasteiger partial charge in [0.2, 0.25) is 0 Å². The first kappa shape index (κ1) is 21.4. The number of carbonyl (C=O) groups is 1. The summed E-state index contributed by atoms with van der Waals surface area (Å²) in [5.41, 5.74) is 4.06. The molecule has 1 aliphatic heterocycles. The van der Waals surface area contributed by atoms with Gasteiger partial charge >= 0.3 is 0 Å². The summed E-state index contributed by atoms with van der Waals surface area (Å²) in [7, 11) is 1.82. The molecule has 0 spiro atoms. The van der Waals surface area contributed by atoms with Crippen LogP contribution in [0.4, 0.5) is 8.78 Å². The smallest absolute Gasteiger partial charge is 0.266 e. The first-order valence-corrected chi connectivity index (χ1v) is 10.7. The highest BCUT2D eigenvalue weighted by atomic mass is 32.1. The summed E-state index contributed by atoms with van der Waals surface area (Å²) in [6.07, 6.45) is 0.204. The molecule has 0 unspecified atom stereocenters. The molecule has 1 fully saturated rings. The number of halogens is 2. The highest BCUT2D eigenvalue weighted by Gasteiger charge is 2.29. The van der Waals surface area contributed by atoms with Crippen molar-refractivity contribution in [1.82, 2.24) is 19.7 Å². The van der Waals surface area contributed by atoms with Crippen molar-refractivity contribution < 1.29 is 23.0 Å². The molecule has 0 N–H and O–H groups in total. The lowest BCUT2D eigenvalue weighted by Crippen LogP contribution is -2.42. The average Bonchev–Trinajstić information content (AvgIpc) is 3.36. The van der Waals surface area contributed by atoms with Crippen LogP contribution in [-0.4, -0.2) is 51.9 Å². The van der Waals surface area contributed by atoms with Gasteiger partial charge in [0.05, 0.1) is 36.7 Å². The highest BCUT2D eigenvalue weighted by Crippen LogP contribution is 2.25. The summed E-state index contributed by atoms with van der Waals surface area (Å²) in [5.74, 6) is -1.62. The normalized spacial score (nSPS) is 16.5. The van der Waals surface area contributed by atoms with Crippen LogP contribution >= 0.6 is 11.3 Å². The minimum Gasteiger partial charge on any atom is -0.493 e. The summed E-state index contributed by atoms with van der Waals surface area (Å²) < 4.78 is 39.4. The Labute approximate surface area is 182 Å². The summed E-state index contributed by atoms with van der Waals surface area (Å²) in [5, 5.41) is 4.54. The van der Waals surface area contributed by atoms with Gasteiger partial charge in [-0.3, -0.25) is 9.48 Å². The van der Waals surface area contributed by atoms with Gasteiger partial charge in [0.1, 0.15) is 16.7 Å². The number of benzene rings is 1. The van der Waals surface area contributed by atoms with Crippen LogP contribution in [0, 0.1) is 18.6 Å². The van der Waals surface area contributed by atoms with Crippen LogP contribution in [0.1, 0.15) is 32.9 Å². The zero-order valence-electron chi connectivity index (χ0n) is 17.2. The maximum atomic E-state index is 13.3. The molecule has 1 atom stereocenters. The van der Waals surface area contributed by atoms with Crippen LogP contribution in [0.25, 0.3) is 0 Å². The molecule has 31 heavy (non-hydrogen) atoms. The maximum Gasteiger partial charge on any atom is 0.266 e. The molecule has 0 aliphatic carbocycles. The van der Waals surface area contributed by atoms with E-state index in [1.54, 1.807) is 15.1 Å². The van der Waals surface area contributed by atoms with E-state index in [2.05, 4.69) is 10.1 Å². The van der Waals surface area contributed by atoms with E-state index in [9.17, 15) is 13.6 Å². The summed E-state index contributed by atoms with van der Waals surface area (Å²) in [6.45, 7) is 3.48. The van der Waals surface area contributed by atoms with E-state index < -0.39 is 11.6 Å². The molecule has 0 bridgehead atoms. The van der Waals surface area contributed by atoms with E-state index in [1.165, 1.54) is 17.4 Å². The zero-order valence-corrected chi connectivity index (χ0v) is 18.0. The molecule has 0 saturated carbocycles. The molecule has 4 rings (SSSR count). The minimum absolute atomic E-state index is 0.0376. The quantitative estimate of drug-likeness (QED) is 0.579. The van der Waals surface area contributed by atoms with Crippen LogP contribution < -0.4 is 4.74 Å². The van der Waals surface area contributed by atoms with Crippen LogP contribution in [-0.2, 0) is 18.2 Å². The fourth-order valence-corrected chi connectivity index (χ4v) is 4.19. The van der Waals surface area contributed by atoms with Gasteiger partial charge in [0.25, 0.3) is 5.91 Å². The number of morpholine rings is 1. The van der Waals surface area contributed by atoms with Crippen molar-refractivity contribution in [2.45, 2.75) is 19.4 Å². The zero-order chi connectivity index (χ0) is 22.0. The average molecular weight is 448 g/mol. The van der Waals surface area contributed by atoms with Crippen molar-refractivity contribution in [2.24, 2.45) is 7.05 Å². The van der Waals surface area contributed by atoms with Gasteiger partial charge in [-0.05, 0) is 25.1 Å². The Balaban J connectivity index is 1.38. The van der Waals surface area contributed by atoms with Gasteiger partial charge in [-0.1, -0.05) is 0 Å². The second kappa shape index (κ2) is 9.11. The van der Waals surface area contributed by atoms with Gasteiger partial charge in [0, 0.05) is 31.8 Å². The molecule has 164 valence electrons. The second-order valence-corrected chi connectivity index (χ2v) is 8.09.